The molecule has 0 amide bonds. The van der Waals surface area contributed by atoms with E-state index in [1.807, 2.05) is 0 Å². The first-order valence-corrected chi connectivity index (χ1v) is 2.29. The van der Waals surface area contributed by atoms with E-state index < -0.39 is 24.0 Å². The Morgan fingerprint density at radius 2 is 1.70 bits per heavy atom. The largest absolute Gasteiger partial charge is 0.475 e. The second kappa shape index (κ2) is 5.93. The van der Waals surface area contributed by atoms with Gasteiger partial charge in [0.15, 0.2) is 0 Å². The van der Waals surface area contributed by atoms with Crippen LogP contribution in [0.2, 0.25) is 0 Å². The van der Waals surface area contributed by atoms with Gasteiger partial charge in [0.05, 0.1) is 6.42 Å². The van der Waals surface area contributed by atoms with Crippen molar-refractivity contribution in [1.82, 2.24) is 0 Å². The van der Waals surface area contributed by atoms with Crippen LogP contribution in [0.1, 0.15) is 13.3 Å². The molecular weight excluding hydrogens is 264 g/mol. The van der Waals surface area contributed by atoms with Gasteiger partial charge in [0.2, 0.25) is 5.78 Å². The Morgan fingerprint density at radius 3 is 1.80 bits per heavy atom. The molecule has 0 aliphatic heterocycles. The zero-order valence-electron chi connectivity index (χ0n) is 5.38. The summed E-state index contributed by atoms with van der Waals surface area (Å²) in [5, 5.41) is 7.93. The SMILES string of the molecule is CC(=O)CC(=O)C(=O)O.[Ce]. The van der Waals surface area contributed by atoms with Crippen molar-refractivity contribution in [3.63, 3.8) is 0 Å². The molecule has 0 rings (SSSR count). The summed E-state index contributed by atoms with van der Waals surface area (Å²) in [5.41, 5.74) is 0. The number of ketones is 2. The minimum atomic E-state index is -1.55. The summed E-state index contributed by atoms with van der Waals surface area (Å²) >= 11 is 0. The second-order valence-corrected chi connectivity index (χ2v) is 1.61. The first-order chi connectivity index (χ1) is 4.04. The van der Waals surface area contributed by atoms with Gasteiger partial charge in [-0.25, -0.2) is 4.79 Å². The smallest absolute Gasteiger partial charge is 0.372 e. The summed E-state index contributed by atoms with van der Waals surface area (Å²) in [6.45, 7) is 1.17. The van der Waals surface area contributed by atoms with Gasteiger partial charge in [-0.1, -0.05) is 0 Å². The first-order valence-electron chi connectivity index (χ1n) is 2.29. The van der Waals surface area contributed by atoms with Crippen LogP contribution in [0.5, 0.6) is 0 Å². The Balaban J connectivity index is 0. The average molecular weight is 270 g/mol. The predicted molar refractivity (Wildman–Crippen MR) is 27.9 cm³/mol. The standard InChI is InChI=1S/C5H6O4.Ce/c1-3(6)2-4(7)5(8)9;/h2H2,1H3,(H,8,9);. The fourth-order valence-electron chi connectivity index (χ4n) is 0.302. The van der Waals surface area contributed by atoms with Crippen LogP contribution >= 0.6 is 0 Å². The van der Waals surface area contributed by atoms with Gasteiger partial charge < -0.3 is 5.11 Å². The molecule has 1 N–H and O–H groups in total. The van der Waals surface area contributed by atoms with Crippen molar-refractivity contribution >= 4 is 17.5 Å². The van der Waals surface area contributed by atoms with Crippen LogP contribution < -0.4 is 0 Å². The van der Waals surface area contributed by atoms with E-state index in [0.29, 0.717) is 0 Å². The minimum Gasteiger partial charge on any atom is -0.475 e. The van der Waals surface area contributed by atoms with Crippen LogP contribution in [0.3, 0.4) is 0 Å². The molecule has 0 saturated carbocycles. The number of Topliss-reactive ketones (excluding diaryl/α,β-unsaturated/α-hetero) is 2. The number of hydrogen-bond donors (Lipinski definition) is 1. The summed E-state index contributed by atoms with van der Waals surface area (Å²) in [6.07, 6.45) is -0.505. The Kier molecular flexibility index (Phi) is 7.61. The molecule has 0 unspecified atom stereocenters. The first kappa shape index (κ1) is 12.8. The van der Waals surface area contributed by atoms with Crippen LogP contribution in [0, 0.1) is 41.7 Å². The molecule has 0 bridgehead atoms. The Hall–Kier alpha value is 0.187. The second-order valence-electron chi connectivity index (χ2n) is 1.61. The van der Waals surface area contributed by atoms with Crippen molar-refractivity contribution in [3.8, 4) is 0 Å². The molecule has 0 fully saturated rings. The number of carbonyl (C=O) groups excluding carboxylic acids is 2. The number of carbonyl (C=O) groups is 3. The van der Waals surface area contributed by atoms with Crippen LogP contribution in [-0.4, -0.2) is 22.6 Å². The topological polar surface area (TPSA) is 71.4 Å². The average Bonchev–Trinajstić information content (AvgIpc) is 1.63. The molecule has 0 aliphatic carbocycles. The van der Waals surface area contributed by atoms with Crippen LogP contribution in [0.25, 0.3) is 0 Å². The van der Waals surface area contributed by atoms with Crippen molar-refractivity contribution in [2.45, 2.75) is 13.3 Å². The number of rotatable bonds is 3. The van der Waals surface area contributed by atoms with E-state index in [-0.39, 0.29) is 41.7 Å². The number of carboxylic acids is 1. The van der Waals surface area contributed by atoms with Gasteiger partial charge >= 0.3 is 5.97 Å². The number of aliphatic carboxylic acids is 1. The van der Waals surface area contributed by atoms with Gasteiger partial charge in [0, 0.05) is 41.7 Å². The van der Waals surface area contributed by atoms with Crippen molar-refractivity contribution in [1.29, 1.82) is 0 Å². The normalized spacial score (nSPS) is 7.70. The molecule has 0 atom stereocenters. The maximum Gasteiger partial charge on any atom is 0.372 e. The van der Waals surface area contributed by atoms with E-state index in [1.54, 1.807) is 0 Å². The number of hydrogen-bond acceptors (Lipinski definition) is 3. The fraction of sp³-hybridized carbons (Fsp3) is 0.400. The number of carboxylic acid groups (broad SMARTS) is 1. The molecule has 0 radical (unpaired) electrons. The van der Waals surface area contributed by atoms with E-state index in [0.717, 1.165) is 0 Å². The third kappa shape index (κ3) is 6.31. The molecule has 0 aromatic rings. The van der Waals surface area contributed by atoms with Crippen LogP contribution in [-0.2, 0) is 14.4 Å². The Bertz CT molecular complexity index is 163. The Labute approximate surface area is 91.4 Å². The van der Waals surface area contributed by atoms with Crippen molar-refractivity contribution in [2.75, 3.05) is 0 Å². The summed E-state index contributed by atoms with van der Waals surface area (Å²) in [4.78, 5) is 29.9. The molecule has 10 heavy (non-hydrogen) atoms. The molecule has 0 aromatic heterocycles. The summed E-state index contributed by atoms with van der Waals surface area (Å²) < 4.78 is 0. The van der Waals surface area contributed by atoms with Gasteiger partial charge in [0.1, 0.15) is 5.78 Å². The Morgan fingerprint density at radius 1 is 1.30 bits per heavy atom. The quantitative estimate of drug-likeness (QED) is 0.560. The van der Waals surface area contributed by atoms with E-state index >= 15 is 0 Å². The summed E-state index contributed by atoms with van der Waals surface area (Å²) in [6, 6.07) is 0. The van der Waals surface area contributed by atoms with Crippen molar-refractivity contribution in [3.05, 3.63) is 0 Å². The maximum absolute atomic E-state index is 10.1. The van der Waals surface area contributed by atoms with Crippen molar-refractivity contribution in [2.24, 2.45) is 0 Å². The van der Waals surface area contributed by atoms with E-state index in [4.69, 9.17) is 5.11 Å². The molecule has 0 spiro atoms. The molecule has 0 saturated heterocycles. The van der Waals surface area contributed by atoms with E-state index in [1.165, 1.54) is 6.92 Å². The van der Waals surface area contributed by atoms with E-state index in [9.17, 15) is 14.4 Å². The zero-order valence-corrected chi connectivity index (χ0v) is 8.52. The van der Waals surface area contributed by atoms with Crippen LogP contribution in [0.15, 0.2) is 0 Å². The molecule has 54 valence electrons. The zero-order chi connectivity index (χ0) is 7.44. The van der Waals surface area contributed by atoms with Crippen LogP contribution in [0.4, 0.5) is 0 Å². The molecule has 0 aliphatic rings. The third-order valence-corrected chi connectivity index (χ3v) is 0.648. The molecular formula is C5H6CeO4. The summed E-state index contributed by atoms with van der Waals surface area (Å²) in [5.74, 6) is -3.03. The monoisotopic (exact) mass is 270 g/mol. The molecule has 5 heteroatoms. The van der Waals surface area contributed by atoms with Gasteiger partial charge in [-0.3, -0.25) is 9.59 Å². The van der Waals surface area contributed by atoms with Crippen molar-refractivity contribution < 1.29 is 61.2 Å². The minimum absolute atomic E-state index is 0. The molecule has 0 heterocycles. The molecule has 0 aromatic carbocycles. The van der Waals surface area contributed by atoms with Gasteiger partial charge in [-0.2, -0.15) is 0 Å². The predicted octanol–water partition coefficient (Wildman–Crippen LogP) is -0.381. The maximum atomic E-state index is 10.1. The summed E-state index contributed by atoms with van der Waals surface area (Å²) in [7, 11) is 0. The van der Waals surface area contributed by atoms with Gasteiger partial charge in [-0.05, 0) is 6.92 Å². The molecule has 4 nitrogen and oxygen atoms in total. The van der Waals surface area contributed by atoms with Gasteiger partial charge in [-0.15, -0.1) is 0 Å². The third-order valence-electron chi connectivity index (χ3n) is 0.648. The van der Waals surface area contributed by atoms with Gasteiger partial charge in [0.25, 0.3) is 0 Å². The van der Waals surface area contributed by atoms with E-state index in [2.05, 4.69) is 0 Å². The fourth-order valence-corrected chi connectivity index (χ4v) is 0.302.